The zero-order valence-electron chi connectivity index (χ0n) is 10.7. The Bertz CT molecular complexity index is 750. The Morgan fingerprint density at radius 2 is 2.25 bits per heavy atom. The fraction of sp³-hybridized carbons (Fsp3) is 0.250. The van der Waals surface area contributed by atoms with Crippen molar-refractivity contribution in [1.29, 1.82) is 0 Å². The molecule has 0 unspecified atom stereocenters. The minimum atomic E-state index is -0.464. The van der Waals surface area contributed by atoms with E-state index in [-0.39, 0.29) is 11.8 Å². The van der Waals surface area contributed by atoms with Crippen molar-refractivity contribution in [3.8, 4) is 0 Å². The van der Waals surface area contributed by atoms with E-state index < -0.39 is 6.67 Å². The van der Waals surface area contributed by atoms with E-state index >= 15 is 0 Å². The molecule has 0 atom stereocenters. The van der Waals surface area contributed by atoms with Crippen LogP contribution < -0.4 is 5.32 Å². The minimum Gasteiger partial charge on any atom is -0.338 e. The zero-order chi connectivity index (χ0) is 14.1. The quantitative estimate of drug-likeness (QED) is 0.751. The summed E-state index contributed by atoms with van der Waals surface area (Å²) in [6.07, 6.45) is 5.26. The van der Waals surface area contributed by atoms with Crippen LogP contribution in [-0.4, -0.2) is 30.8 Å². The van der Waals surface area contributed by atoms with Gasteiger partial charge in [-0.2, -0.15) is 9.97 Å². The van der Waals surface area contributed by atoms with Crippen LogP contribution in [0.1, 0.15) is 0 Å². The predicted molar refractivity (Wildman–Crippen MR) is 75.0 cm³/mol. The zero-order valence-corrected chi connectivity index (χ0v) is 11.5. The molecule has 0 aliphatic carbocycles. The van der Waals surface area contributed by atoms with Crippen LogP contribution in [-0.2, 0) is 13.6 Å². The van der Waals surface area contributed by atoms with Crippen LogP contribution in [0, 0.1) is 0 Å². The van der Waals surface area contributed by atoms with Crippen LogP contribution in [0.25, 0.3) is 11.0 Å². The number of nitrogens with one attached hydrogen (secondary N) is 1. The molecular formula is C12H12ClFN6. The van der Waals surface area contributed by atoms with Gasteiger partial charge in [0.2, 0.25) is 5.28 Å². The van der Waals surface area contributed by atoms with Crippen LogP contribution in [0.2, 0.25) is 5.28 Å². The van der Waals surface area contributed by atoms with E-state index in [1.807, 2.05) is 23.9 Å². The first kappa shape index (κ1) is 12.9. The van der Waals surface area contributed by atoms with Gasteiger partial charge in [0.05, 0.1) is 18.3 Å². The normalized spacial score (nSPS) is 11.2. The molecule has 0 saturated carbocycles. The Labute approximate surface area is 119 Å². The van der Waals surface area contributed by atoms with Crippen LogP contribution in [0.5, 0.6) is 0 Å². The van der Waals surface area contributed by atoms with Crippen LogP contribution >= 0.6 is 11.6 Å². The van der Waals surface area contributed by atoms with Gasteiger partial charge in [0.25, 0.3) is 0 Å². The van der Waals surface area contributed by atoms with E-state index in [4.69, 9.17) is 11.6 Å². The molecule has 0 saturated heterocycles. The molecule has 0 aliphatic rings. The van der Waals surface area contributed by atoms with Crippen LogP contribution in [0.3, 0.4) is 0 Å². The molecule has 3 aromatic heterocycles. The second-order valence-electron chi connectivity index (χ2n) is 4.33. The lowest BCUT2D eigenvalue weighted by Gasteiger charge is -2.06. The predicted octanol–water partition coefficient (Wildman–Crippen LogP) is 2.53. The van der Waals surface area contributed by atoms with Crippen molar-refractivity contribution in [3.05, 3.63) is 30.1 Å². The Balaban J connectivity index is 2.05. The SMILES string of the molecule is Cn1cnc(Nc2nc(Cl)nc3c2ccn3CCF)c1. The Kier molecular flexibility index (Phi) is 3.27. The summed E-state index contributed by atoms with van der Waals surface area (Å²) >= 11 is 5.93. The lowest BCUT2D eigenvalue weighted by molar-refractivity contribution is 0.450. The summed E-state index contributed by atoms with van der Waals surface area (Å²) < 4.78 is 16.0. The van der Waals surface area contributed by atoms with Gasteiger partial charge in [0.15, 0.2) is 0 Å². The molecule has 6 nitrogen and oxygen atoms in total. The summed E-state index contributed by atoms with van der Waals surface area (Å²) in [6.45, 7) is -0.228. The monoisotopic (exact) mass is 294 g/mol. The molecule has 1 N–H and O–H groups in total. The van der Waals surface area contributed by atoms with Gasteiger partial charge in [-0.1, -0.05) is 0 Å². The number of alkyl halides is 1. The first-order valence-corrected chi connectivity index (χ1v) is 6.38. The molecule has 104 valence electrons. The Morgan fingerprint density at radius 1 is 1.40 bits per heavy atom. The first-order chi connectivity index (χ1) is 9.67. The van der Waals surface area contributed by atoms with Crippen molar-refractivity contribution in [1.82, 2.24) is 24.1 Å². The molecule has 3 rings (SSSR count). The van der Waals surface area contributed by atoms with Crippen molar-refractivity contribution in [2.24, 2.45) is 7.05 Å². The fourth-order valence-corrected chi connectivity index (χ4v) is 2.17. The van der Waals surface area contributed by atoms with Gasteiger partial charge >= 0.3 is 0 Å². The summed E-state index contributed by atoms with van der Waals surface area (Å²) in [5, 5.41) is 3.97. The summed E-state index contributed by atoms with van der Waals surface area (Å²) in [5.74, 6) is 1.21. The van der Waals surface area contributed by atoms with Crippen molar-refractivity contribution < 1.29 is 4.39 Å². The van der Waals surface area contributed by atoms with Gasteiger partial charge in [0, 0.05) is 19.4 Å². The minimum absolute atomic E-state index is 0.106. The Hall–Kier alpha value is -2.15. The van der Waals surface area contributed by atoms with E-state index in [9.17, 15) is 4.39 Å². The molecule has 0 amide bonds. The van der Waals surface area contributed by atoms with E-state index in [1.54, 1.807) is 17.1 Å². The van der Waals surface area contributed by atoms with Gasteiger partial charge in [-0.3, -0.25) is 0 Å². The van der Waals surface area contributed by atoms with E-state index in [0.717, 1.165) is 5.39 Å². The smallest absolute Gasteiger partial charge is 0.226 e. The van der Waals surface area contributed by atoms with Gasteiger partial charge in [-0.25, -0.2) is 9.37 Å². The summed E-state index contributed by atoms with van der Waals surface area (Å²) in [6, 6.07) is 1.83. The van der Waals surface area contributed by atoms with Gasteiger partial charge < -0.3 is 14.5 Å². The van der Waals surface area contributed by atoms with Crippen LogP contribution in [0.15, 0.2) is 24.8 Å². The van der Waals surface area contributed by atoms with Gasteiger partial charge in [-0.05, 0) is 17.7 Å². The molecule has 0 aromatic carbocycles. The highest BCUT2D eigenvalue weighted by Crippen LogP contribution is 2.25. The van der Waals surface area contributed by atoms with Crippen LogP contribution in [0.4, 0.5) is 16.0 Å². The highest BCUT2D eigenvalue weighted by Gasteiger charge is 2.11. The lowest BCUT2D eigenvalue weighted by Crippen LogP contribution is -2.01. The number of aryl methyl sites for hydroxylation is 2. The second-order valence-corrected chi connectivity index (χ2v) is 4.66. The number of hydrogen-bond acceptors (Lipinski definition) is 4. The lowest BCUT2D eigenvalue weighted by atomic mass is 10.4. The maximum atomic E-state index is 12.5. The molecule has 8 heteroatoms. The highest BCUT2D eigenvalue weighted by atomic mass is 35.5. The number of fused-ring (bicyclic) bond motifs is 1. The molecule has 0 fully saturated rings. The number of halogens is 2. The van der Waals surface area contributed by atoms with Crippen molar-refractivity contribution in [2.75, 3.05) is 12.0 Å². The molecule has 3 heterocycles. The molecular weight excluding hydrogens is 283 g/mol. The number of nitrogens with zero attached hydrogens (tertiary/aromatic N) is 5. The van der Waals surface area contributed by atoms with Crippen molar-refractivity contribution in [3.63, 3.8) is 0 Å². The summed E-state index contributed by atoms with van der Waals surface area (Å²) in [7, 11) is 1.87. The summed E-state index contributed by atoms with van der Waals surface area (Å²) in [4.78, 5) is 12.5. The van der Waals surface area contributed by atoms with E-state index in [0.29, 0.717) is 17.3 Å². The third-order valence-electron chi connectivity index (χ3n) is 2.87. The largest absolute Gasteiger partial charge is 0.338 e. The highest BCUT2D eigenvalue weighted by molar-refractivity contribution is 6.28. The standard InChI is InChI=1S/C12H12ClFN6/c1-19-6-9(15-7-19)16-10-8-2-4-20(5-3-14)11(8)18-12(13)17-10/h2,4,6-7H,3,5H2,1H3,(H,16,17,18). The topological polar surface area (TPSA) is 60.6 Å². The Morgan fingerprint density at radius 3 is 2.95 bits per heavy atom. The molecule has 0 radical (unpaired) electrons. The average molecular weight is 295 g/mol. The van der Waals surface area contributed by atoms with Crippen molar-refractivity contribution >= 4 is 34.3 Å². The molecule has 0 bridgehead atoms. The summed E-state index contributed by atoms with van der Waals surface area (Å²) in [5.41, 5.74) is 0.598. The van der Waals surface area contributed by atoms with E-state index in [1.165, 1.54) is 0 Å². The maximum Gasteiger partial charge on any atom is 0.226 e. The third kappa shape index (κ3) is 2.32. The molecule has 0 aliphatic heterocycles. The number of aromatic nitrogens is 5. The number of rotatable bonds is 4. The molecule has 20 heavy (non-hydrogen) atoms. The van der Waals surface area contributed by atoms with Crippen molar-refractivity contribution in [2.45, 2.75) is 6.54 Å². The number of hydrogen-bond donors (Lipinski definition) is 1. The molecule has 3 aromatic rings. The van der Waals surface area contributed by atoms with Gasteiger partial charge in [0.1, 0.15) is 24.0 Å². The maximum absolute atomic E-state index is 12.5. The second kappa shape index (κ2) is 5.09. The number of imidazole rings is 1. The van der Waals surface area contributed by atoms with Gasteiger partial charge in [-0.15, -0.1) is 0 Å². The third-order valence-corrected chi connectivity index (χ3v) is 3.04. The fourth-order valence-electron chi connectivity index (χ4n) is 2.00. The number of anilines is 2. The average Bonchev–Trinajstić information content (AvgIpc) is 2.97. The van der Waals surface area contributed by atoms with E-state index in [2.05, 4.69) is 20.3 Å². The first-order valence-electron chi connectivity index (χ1n) is 6.00. The molecule has 0 spiro atoms.